The summed E-state index contributed by atoms with van der Waals surface area (Å²) in [6.45, 7) is 13.6. The minimum absolute atomic E-state index is 0. The molecule has 0 fully saturated rings. The molecule has 0 nitrogen and oxygen atoms in total. The van der Waals surface area contributed by atoms with Crippen LogP contribution in [0, 0.1) is 6.08 Å². The number of hydrogen-bond acceptors (Lipinski definition) is 0. The molecule has 0 aromatic heterocycles. The van der Waals surface area contributed by atoms with E-state index >= 15 is 0 Å². The van der Waals surface area contributed by atoms with Crippen molar-refractivity contribution in [3.8, 4) is 0 Å². The average Bonchev–Trinajstić information content (AvgIpc) is 3.73. The third-order valence-corrected chi connectivity index (χ3v) is 10.2. The number of rotatable bonds is 2. The molecule has 52 heavy (non-hydrogen) atoms. The second kappa shape index (κ2) is 16.6. The van der Waals surface area contributed by atoms with E-state index in [1.54, 1.807) is 0 Å². The Morgan fingerprint density at radius 1 is 0.538 bits per heavy atom. The molecule has 0 amide bonds. The van der Waals surface area contributed by atoms with Crippen LogP contribution < -0.4 is 24.8 Å². The van der Waals surface area contributed by atoms with Crippen molar-refractivity contribution in [2.75, 3.05) is 0 Å². The van der Waals surface area contributed by atoms with E-state index in [-0.39, 0.29) is 61.8 Å². The quantitative estimate of drug-likeness (QED) is 0.154. The van der Waals surface area contributed by atoms with Gasteiger partial charge in [-0.15, -0.1) is 45.8 Å². The van der Waals surface area contributed by atoms with Gasteiger partial charge in [-0.25, -0.2) is 0 Å². The van der Waals surface area contributed by atoms with Crippen LogP contribution in [0.2, 0.25) is 10.0 Å². The van der Waals surface area contributed by atoms with Crippen molar-refractivity contribution >= 4 is 71.9 Å². The molecule has 1 aliphatic carbocycles. The van der Waals surface area contributed by atoms with Crippen molar-refractivity contribution in [3.63, 3.8) is 0 Å². The Morgan fingerprint density at radius 2 is 0.962 bits per heavy atom. The summed E-state index contributed by atoms with van der Waals surface area (Å²) in [6, 6.07) is 40.8. The fourth-order valence-corrected chi connectivity index (χ4v) is 7.33. The van der Waals surface area contributed by atoms with Gasteiger partial charge in [-0.2, -0.15) is 23.8 Å². The van der Waals surface area contributed by atoms with E-state index in [0.717, 1.165) is 53.9 Å². The second-order valence-electron chi connectivity index (χ2n) is 15.0. The summed E-state index contributed by atoms with van der Waals surface area (Å²) in [5.74, 6) is 0. The second-order valence-corrected chi connectivity index (χ2v) is 15.8. The first-order valence-electron chi connectivity index (χ1n) is 16.9. The summed E-state index contributed by atoms with van der Waals surface area (Å²) in [4.78, 5) is 0. The van der Waals surface area contributed by atoms with Gasteiger partial charge in [-0.1, -0.05) is 178 Å². The van der Waals surface area contributed by atoms with Crippen molar-refractivity contribution in [1.29, 1.82) is 0 Å². The van der Waals surface area contributed by atoms with Crippen LogP contribution in [0.25, 0.3) is 48.7 Å². The molecule has 0 spiro atoms. The van der Waals surface area contributed by atoms with Gasteiger partial charge in [-0.3, -0.25) is 0 Å². The maximum atomic E-state index is 6.49. The zero-order valence-electron chi connectivity index (χ0n) is 30.2. The molecule has 0 atom stereocenters. The molecular formula is C47H40Cl4Zr. The normalized spacial score (nSPS) is 12.3. The molecule has 0 radical (unpaired) electrons. The van der Waals surface area contributed by atoms with Crippen molar-refractivity contribution in [2.45, 2.75) is 52.4 Å². The van der Waals surface area contributed by atoms with E-state index in [0.29, 0.717) is 0 Å². The molecule has 7 aromatic carbocycles. The molecule has 0 unspecified atom stereocenters. The molecular weight excluding hydrogens is 798 g/mol. The molecule has 0 heterocycles. The fraction of sp³-hybridized carbons (Fsp3) is 0.170. The average molecular weight is 838 g/mol. The third-order valence-electron chi connectivity index (χ3n) is 9.58. The molecule has 0 N–H and O–H groups in total. The number of benzene rings is 6. The predicted octanol–water partition coefficient (Wildman–Crippen LogP) is 8.34. The Hall–Kier alpha value is -3.03. The topological polar surface area (TPSA) is 0 Å². The molecule has 0 bridgehead atoms. The van der Waals surface area contributed by atoms with Gasteiger partial charge in [0.15, 0.2) is 0 Å². The number of fused-ring (bicyclic) bond motifs is 5. The van der Waals surface area contributed by atoms with Crippen LogP contribution in [0.15, 0.2) is 139 Å². The molecule has 1 aliphatic rings. The van der Waals surface area contributed by atoms with Crippen LogP contribution in [0.3, 0.4) is 0 Å². The summed E-state index contributed by atoms with van der Waals surface area (Å²) < 4.78 is 0. The molecule has 0 aliphatic heterocycles. The van der Waals surface area contributed by atoms with Crippen molar-refractivity contribution in [3.05, 3.63) is 177 Å². The standard InChI is InChI=1S/C26H15Cl2.C21H25.2ClH.Zr/c27-24-15-5-9-18-20(24)11-3-13-22(18)26(17-7-1-2-8-17)23-14-4-12-21-19(23)10-6-16-25(21)28;1-20(2,3)16-7-9-18-14(12-16)11-15-13-17(21(4,5)6)8-10-19(15)18;;;/h1-7,9-16H;7-13H,1-6H3;2*1H;/q2*-1;;;+4/p-2. The Bertz CT molecular complexity index is 2310. The maximum absolute atomic E-state index is 6.49. The Morgan fingerprint density at radius 3 is 1.37 bits per heavy atom. The van der Waals surface area contributed by atoms with Gasteiger partial charge in [0.1, 0.15) is 0 Å². The van der Waals surface area contributed by atoms with Gasteiger partial charge in [-0.05, 0) is 33.7 Å². The minimum atomic E-state index is 0. The first kappa shape index (κ1) is 41.7. The Labute approximate surface area is 349 Å². The summed E-state index contributed by atoms with van der Waals surface area (Å²) in [5, 5.41) is 11.3. The van der Waals surface area contributed by atoms with E-state index < -0.39 is 0 Å². The van der Waals surface area contributed by atoms with Crippen LogP contribution in [0.4, 0.5) is 0 Å². The molecule has 5 heteroatoms. The first-order valence-corrected chi connectivity index (χ1v) is 17.7. The fourth-order valence-electron chi connectivity index (χ4n) is 6.86. The maximum Gasteiger partial charge on any atom is 4.00 e. The van der Waals surface area contributed by atoms with Gasteiger partial charge < -0.3 is 24.8 Å². The monoisotopic (exact) mass is 834 g/mol. The van der Waals surface area contributed by atoms with Crippen molar-refractivity contribution in [2.24, 2.45) is 0 Å². The Balaban J connectivity index is 0.000000228. The predicted molar refractivity (Wildman–Crippen MR) is 215 cm³/mol. The summed E-state index contributed by atoms with van der Waals surface area (Å²) >= 11 is 13.0. The first-order chi connectivity index (χ1) is 23.4. The Kier molecular flexibility index (Phi) is 13.3. The zero-order valence-corrected chi connectivity index (χ0v) is 35.7. The smallest absolute Gasteiger partial charge is 1.00 e. The number of halogens is 4. The van der Waals surface area contributed by atoms with Crippen LogP contribution in [-0.4, -0.2) is 0 Å². The summed E-state index contributed by atoms with van der Waals surface area (Å²) in [7, 11) is 0. The molecule has 0 saturated carbocycles. The van der Waals surface area contributed by atoms with E-state index in [1.807, 2.05) is 36.4 Å². The third kappa shape index (κ3) is 8.21. The van der Waals surface area contributed by atoms with Gasteiger partial charge in [0.05, 0.1) is 0 Å². The van der Waals surface area contributed by atoms with Crippen LogP contribution in [0.5, 0.6) is 0 Å². The van der Waals surface area contributed by atoms with Gasteiger partial charge in [0.25, 0.3) is 0 Å². The molecule has 0 saturated heterocycles. The van der Waals surface area contributed by atoms with E-state index in [2.05, 4.69) is 145 Å². The summed E-state index contributed by atoms with van der Waals surface area (Å²) in [5.41, 5.74) is 7.67. The van der Waals surface area contributed by atoms with E-state index in [4.69, 9.17) is 23.2 Å². The van der Waals surface area contributed by atoms with Crippen LogP contribution in [-0.2, 0) is 37.0 Å². The van der Waals surface area contributed by atoms with Crippen LogP contribution >= 0.6 is 23.2 Å². The van der Waals surface area contributed by atoms with Crippen molar-refractivity contribution in [1.82, 2.24) is 0 Å². The van der Waals surface area contributed by atoms with Gasteiger partial charge >= 0.3 is 26.2 Å². The number of allylic oxidation sites excluding steroid dienone is 5. The van der Waals surface area contributed by atoms with Crippen LogP contribution in [0.1, 0.15) is 63.8 Å². The molecule has 260 valence electrons. The minimum Gasteiger partial charge on any atom is -1.00 e. The van der Waals surface area contributed by atoms with Crippen molar-refractivity contribution < 1.29 is 51.0 Å². The SMILES string of the molecule is CC(C)(C)c1ccc2c(c1)[cH-]c1cc(C(C)(C)C)ccc12.Clc1cccc2c(C(=C3[C-]=CC=C3)c3cccc4c(Cl)cccc34)cccc12.[Cl-].[Cl-].[Zr+4]. The zero-order chi connectivity index (χ0) is 34.5. The molecule has 8 rings (SSSR count). The van der Waals surface area contributed by atoms with E-state index in [9.17, 15) is 0 Å². The largest absolute Gasteiger partial charge is 4.00 e. The summed E-state index contributed by atoms with van der Waals surface area (Å²) in [6.07, 6.45) is 9.46. The van der Waals surface area contributed by atoms with E-state index in [1.165, 1.54) is 32.7 Å². The van der Waals surface area contributed by atoms with Gasteiger partial charge in [0, 0.05) is 20.8 Å². The number of hydrogen-bond donors (Lipinski definition) is 0. The van der Waals surface area contributed by atoms with Gasteiger partial charge in [0.2, 0.25) is 0 Å². The molecule has 7 aromatic rings.